The predicted molar refractivity (Wildman–Crippen MR) is 81.8 cm³/mol. The minimum atomic E-state index is -5.05. The number of ether oxygens (including phenoxy) is 1. The van der Waals surface area contributed by atoms with Crippen LogP contribution in [-0.4, -0.2) is 20.5 Å². The quantitative estimate of drug-likeness (QED) is 0.608. The van der Waals surface area contributed by atoms with Crippen molar-refractivity contribution in [2.24, 2.45) is 0 Å². The molecule has 0 aromatic heterocycles. The number of sulfone groups is 1. The van der Waals surface area contributed by atoms with Gasteiger partial charge in [-0.15, -0.1) is 13.2 Å². The molecule has 0 spiro atoms. The molecule has 25 heavy (non-hydrogen) atoms. The molecular weight excluding hydrogens is 414 g/mol. The van der Waals surface area contributed by atoms with Crippen LogP contribution in [0.15, 0.2) is 41.3 Å². The van der Waals surface area contributed by atoms with Gasteiger partial charge in [0.2, 0.25) is 9.84 Å². The van der Waals surface area contributed by atoms with Crippen molar-refractivity contribution in [2.75, 3.05) is 0 Å². The topological polar surface area (TPSA) is 43.4 Å². The Bertz CT molecular complexity index is 898. The molecule has 0 saturated heterocycles. The molecule has 2 aromatic carbocycles. The van der Waals surface area contributed by atoms with Gasteiger partial charge in [-0.05, 0) is 35.9 Å². The van der Waals surface area contributed by atoms with E-state index in [1.165, 1.54) is 12.1 Å². The molecule has 0 N–H and O–H groups in total. The second-order valence-corrected chi connectivity index (χ2v) is 7.40. The second-order valence-electron chi connectivity index (χ2n) is 4.64. The van der Waals surface area contributed by atoms with Crippen molar-refractivity contribution >= 4 is 33.0 Å². The SMILES string of the molecule is O=S(=O)(c1cc(Cl)cc(-c2c(Cl)cccc2OC(F)(F)F)c1)C(F)F. The smallest absolute Gasteiger partial charge is 0.405 e. The molecule has 0 aliphatic rings. The third-order valence-corrected chi connectivity index (χ3v) is 4.82. The lowest BCUT2D eigenvalue weighted by molar-refractivity contribution is -0.274. The summed E-state index contributed by atoms with van der Waals surface area (Å²) in [6.45, 7) is 0. The highest BCUT2D eigenvalue weighted by molar-refractivity contribution is 7.91. The van der Waals surface area contributed by atoms with Gasteiger partial charge >= 0.3 is 12.1 Å². The summed E-state index contributed by atoms with van der Waals surface area (Å²) in [7, 11) is -5.01. The molecule has 0 heterocycles. The molecule has 0 aliphatic heterocycles. The minimum Gasteiger partial charge on any atom is -0.405 e. The van der Waals surface area contributed by atoms with Crippen LogP contribution >= 0.6 is 23.2 Å². The lowest BCUT2D eigenvalue weighted by Crippen LogP contribution is -2.17. The van der Waals surface area contributed by atoms with E-state index >= 15 is 0 Å². The summed E-state index contributed by atoms with van der Waals surface area (Å²) < 4.78 is 90.1. The van der Waals surface area contributed by atoms with Crippen LogP contribution in [0.2, 0.25) is 10.0 Å². The molecule has 0 amide bonds. The Balaban J connectivity index is 2.70. The lowest BCUT2D eigenvalue weighted by atomic mass is 10.0. The highest BCUT2D eigenvalue weighted by atomic mass is 35.5. The van der Waals surface area contributed by atoms with Gasteiger partial charge in [-0.1, -0.05) is 29.3 Å². The first-order chi connectivity index (χ1) is 11.4. The third-order valence-electron chi connectivity index (χ3n) is 2.92. The Hall–Kier alpha value is -1.58. The van der Waals surface area contributed by atoms with Crippen LogP contribution in [0.4, 0.5) is 22.0 Å². The summed E-state index contributed by atoms with van der Waals surface area (Å²) in [5, 5.41) is -0.501. The molecule has 0 saturated carbocycles. The summed E-state index contributed by atoms with van der Waals surface area (Å²) >= 11 is 11.6. The van der Waals surface area contributed by atoms with Gasteiger partial charge in [0.25, 0.3) is 0 Å². The molecule has 0 unspecified atom stereocenters. The van der Waals surface area contributed by atoms with Crippen molar-refractivity contribution in [2.45, 2.75) is 17.0 Å². The Morgan fingerprint density at radius 2 is 1.68 bits per heavy atom. The van der Waals surface area contributed by atoms with Gasteiger partial charge in [-0.3, -0.25) is 0 Å². The molecule has 11 heteroatoms. The third kappa shape index (κ3) is 4.53. The maximum atomic E-state index is 12.7. The maximum Gasteiger partial charge on any atom is 0.573 e. The average Bonchev–Trinajstić information content (AvgIpc) is 2.44. The first-order valence-corrected chi connectivity index (χ1v) is 8.59. The number of alkyl halides is 5. The molecule has 0 bridgehead atoms. The van der Waals surface area contributed by atoms with Gasteiger partial charge in [0.1, 0.15) is 5.75 Å². The first kappa shape index (κ1) is 19.7. The zero-order valence-electron chi connectivity index (χ0n) is 11.8. The van der Waals surface area contributed by atoms with Crippen LogP contribution < -0.4 is 4.74 Å². The number of hydrogen-bond acceptors (Lipinski definition) is 3. The molecule has 0 atom stereocenters. The van der Waals surface area contributed by atoms with Gasteiger partial charge in [-0.25, -0.2) is 8.42 Å². The van der Waals surface area contributed by atoms with E-state index in [-0.39, 0.29) is 21.2 Å². The van der Waals surface area contributed by atoms with Gasteiger partial charge in [-0.2, -0.15) is 8.78 Å². The molecule has 2 rings (SSSR count). The minimum absolute atomic E-state index is 0.218. The number of rotatable bonds is 4. The number of benzene rings is 2. The summed E-state index contributed by atoms with van der Waals surface area (Å²) in [6, 6.07) is 5.93. The van der Waals surface area contributed by atoms with Crippen LogP contribution in [0, 0.1) is 0 Å². The van der Waals surface area contributed by atoms with Gasteiger partial charge < -0.3 is 4.74 Å². The van der Waals surface area contributed by atoms with Crippen molar-refractivity contribution < 1.29 is 35.1 Å². The Kier molecular flexibility index (Phi) is 5.50. The van der Waals surface area contributed by atoms with E-state index < -0.39 is 32.6 Å². The molecular formula is C14H7Cl2F5O3S. The van der Waals surface area contributed by atoms with Crippen LogP contribution in [0.3, 0.4) is 0 Å². The van der Waals surface area contributed by atoms with Crippen LogP contribution in [0.1, 0.15) is 0 Å². The van der Waals surface area contributed by atoms with E-state index in [1.807, 2.05) is 0 Å². The van der Waals surface area contributed by atoms with E-state index in [4.69, 9.17) is 23.2 Å². The van der Waals surface area contributed by atoms with E-state index in [0.717, 1.165) is 24.3 Å². The summed E-state index contributed by atoms with van der Waals surface area (Å²) in [6.07, 6.45) is -5.05. The monoisotopic (exact) mass is 420 g/mol. The van der Waals surface area contributed by atoms with Crippen LogP contribution in [0.5, 0.6) is 5.75 Å². The standard InChI is InChI=1S/C14H7Cl2F5O3S/c15-8-4-7(5-9(6-8)25(22,23)13(17)18)12-10(16)2-1-3-11(12)24-14(19,20)21/h1-6,13H. The molecule has 3 nitrogen and oxygen atoms in total. The summed E-state index contributed by atoms with van der Waals surface area (Å²) in [5.41, 5.74) is -0.564. The van der Waals surface area contributed by atoms with Crippen molar-refractivity contribution in [1.82, 2.24) is 0 Å². The number of hydrogen-bond donors (Lipinski definition) is 0. The van der Waals surface area contributed by atoms with E-state index in [1.54, 1.807) is 0 Å². The van der Waals surface area contributed by atoms with Crippen molar-refractivity contribution in [3.63, 3.8) is 0 Å². The maximum absolute atomic E-state index is 12.7. The molecule has 0 fully saturated rings. The van der Waals surface area contributed by atoms with Crippen molar-refractivity contribution in [1.29, 1.82) is 0 Å². The fraction of sp³-hybridized carbons (Fsp3) is 0.143. The van der Waals surface area contributed by atoms with Gasteiger partial charge in [0, 0.05) is 10.6 Å². The predicted octanol–water partition coefficient (Wildman–Crippen LogP) is 5.56. The highest BCUT2D eigenvalue weighted by Crippen LogP contribution is 2.41. The molecule has 136 valence electrons. The van der Waals surface area contributed by atoms with Crippen molar-refractivity contribution in [3.05, 3.63) is 46.4 Å². The molecule has 0 aliphatic carbocycles. The Labute approximate surface area is 148 Å². The fourth-order valence-corrected chi connectivity index (χ4v) is 3.33. The molecule has 2 aromatic rings. The van der Waals surface area contributed by atoms with E-state index in [0.29, 0.717) is 0 Å². The van der Waals surface area contributed by atoms with Crippen molar-refractivity contribution in [3.8, 4) is 16.9 Å². The van der Waals surface area contributed by atoms with Crippen LogP contribution in [0.25, 0.3) is 11.1 Å². The fourth-order valence-electron chi connectivity index (χ4n) is 1.97. The Morgan fingerprint density at radius 1 is 1.04 bits per heavy atom. The van der Waals surface area contributed by atoms with Gasteiger partial charge in [0.05, 0.1) is 9.92 Å². The zero-order valence-corrected chi connectivity index (χ0v) is 14.1. The first-order valence-electron chi connectivity index (χ1n) is 6.29. The van der Waals surface area contributed by atoms with E-state index in [9.17, 15) is 30.4 Å². The number of halogens is 7. The van der Waals surface area contributed by atoms with Gasteiger partial charge in [0.15, 0.2) is 0 Å². The second kappa shape index (κ2) is 6.97. The normalized spacial score (nSPS) is 12.5. The summed E-state index contributed by atoms with van der Waals surface area (Å²) in [5.74, 6) is -4.46. The highest BCUT2D eigenvalue weighted by Gasteiger charge is 2.33. The average molecular weight is 421 g/mol. The largest absolute Gasteiger partial charge is 0.573 e. The van der Waals surface area contributed by atoms with E-state index in [2.05, 4.69) is 4.74 Å². The van der Waals surface area contributed by atoms with Crippen LogP contribution in [-0.2, 0) is 9.84 Å². The summed E-state index contributed by atoms with van der Waals surface area (Å²) in [4.78, 5) is -0.858. The molecule has 0 radical (unpaired) electrons. The Morgan fingerprint density at radius 3 is 2.24 bits per heavy atom. The lowest BCUT2D eigenvalue weighted by Gasteiger charge is -2.15. The zero-order chi connectivity index (χ0) is 19.0.